The molecule has 0 spiro atoms. The van der Waals surface area contributed by atoms with Gasteiger partial charge in [-0.1, -0.05) is 0 Å². The highest BCUT2D eigenvalue weighted by molar-refractivity contribution is 9.11. The molecule has 0 aromatic carbocycles. The van der Waals surface area contributed by atoms with Gasteiger partial charge in [0.1, 0.15) is 0 Å². The minimum absolute atomic E-state index is 0.177. The van der Waals surface area contributed by atoms with Crippen LogP contribution in [-0.2, 0) is 7.05 Å². The van der Waals surface area contributed by atoms with Crippen LogP contribution in [0.15, 0.2) is 9.85 Å². The van der Waals surface area contributed by atoms with Gasteiger partial charge >= 0.3 is 0 Å². The smallest absolute Gasteiger partial charge is 0.266 e. The third-order valence-corrected chi connectivity index (χ3v) is 4.72. The van der Waals surface area contributed by atoms with Gasteiger partial charge in [-0.05, 0) is 41.4 Å². The highest BCUT2D eigenvalue weighted by Gasteiger charge is 2.16. The second-order valence-electron chi connectivity index (χ2n) is 3.99. The Balaban J connectivity index is 2.26. The summed E-state index contributed by atoms with van der Waals surface area (Å²) in [6.07, 6.45) is 0. The van der Waals surface area contributed by atoms with Crippen LogP contribution in [0.2, 0.25) is 0 Å². The van der Waals surface area contributed by atoms with Crippen molar-refractivity contribution >= 4 is 44.7 Å². The number of carbonyl (C=O) groups is 1. The molecule has 0 aliphatic heterocycles. The first-order valence-corrected chi connectivity index (χ1v) is 6.87. The SMILES string of the molecule is Cc1cc(C(=O)Nc2c(N)c(C)nn2C)sc1Br. The molecule has 0 saturated heterocycles. The lowest BCUT2D eigenvalue weighted by Gasteiger charge is -2.04. The molecule has 1 amide bonds. The zero-order chi connectivity index (χ0) is 13.4. The summed E-state index contributed by atoms with van der Waals surface area (Å²) in [5, 5.41) is 6.93. The van der Waals surface area contributed by atoms with E-state index in [1.165, 1.54) is 11.3 Å². The van der Waals surface area contributed by atoms with Gasteiger partial charge in [0.2, 0.25) is 0 Å². The van der Waals surface area contributed by atoms with Gasteiger partial charge in [0, 0.05) is 7.05 Å². The van der Waals surface area contributed by atoms with Crippen molar-refractivity contribution in [2.45, 2.75) is 13.8 Å². The first-order valence-electron chi connectivity index (χ1n) is 5.26. The standard InChI is InChI=1S/C11H13BrN4OS/c1-5-4-7(18-9(5)12)11(17)14-10-8(13)6(2)15-16(10)3/h4H,13H2,1-3H3,(H,14,17). The Kier molecular flexibility index (Phi) is 3.45. The fourth-order valence-electron chi connectivity index (χ4n) is 1.56. The summed E-state index contributed by atoms with van der Waals surface area (Å²) in [6.45, 7) is 3.75. The van der Waals surface area contributed by atoms with Crippen LogP contribution in [0.4, 0.5) is 11.5 Å². The monoisotopic (exact) mass is 328 g/mol. The Labute approximate surface area is 117 Å². The summed E-state index contributed by atoms with van der Waals surface area (Å²) >= 11 is 4.79. The molecule has 2 heterocycles. The number of carbonyl (C=O) groups excluding carboxylic acids is 1. The van der Waals surface area contributed by atoms with E-state index in [4.69, 9.17) is 5.73 Å². The molecule has 0 fully saturated rings. The molecule has 96 valence electrons. The van der Waals surface area contributed by atoms with E-state index in [9.17, 15) is 4.79 Å². The molecule has 18 heavy (non-hydrogen) atoms. The van der Waals surface area contributed by atoms with E-state index in [2.05, 4.69) is 26.3 Å². The number of rotatable bonds is 2. The number of aryl methyl sites for hydroxylation is 3. The summed E-state index contributed by atoms with van der Waals surface area (Å²) in [4.78, 5) is 12.7. The lowest BCUT2D eigenvalue weighted by molar-refractivity contribution is 0.102. The van der Waals surface area contributed by atoms with Gasteiger partial charge in [-0.2, -0.15) is 5.10 Å². The van der Waals surface area contributed by atoms with Crippen LogP contribution in [0, 0.1) is 13.8 Å². The summed E-state index contributed by atoms with van der Waals surface area (Å²) < 4.78 is 2.53. The maximum atomic E-state index is 12.1. The molecule has 7 heteroatoms. The van der Waals surface area contributed by atoms with Crippen molar-refractivity contribution in [2.24, 2.45) is 7.05 Å². The van der Waals surface area contributed by atoms with Crippen LogP contribution >= 0.6 is 27.3 Å². The molecule has 2 aromatic rings. The third kappa shape index (κ3) is 2.28. The van der Waals surface area contributed by atoms with Gasteiger partial charge in [-0.3, -0.25) is 9.48 Å². The molecule has 0 radical (unpaired) electrons. The van der Waals surface area contributed by atoms with Crippen LogP contribution < -0.4 is 11.1 Å². The lowest BCUT2D eigenvalue weighted by atomic mass is 10.3. The van der Waals surface area contributed by atoms with Crippen LogP contribution in [0.5, 0.6) is 0 Å². The average Bonchev–Trinajstić information content (AvgIpc) is 2.75. The first-order chi connectivity index (χ1) is 8.40. The van der Waals surface area contributed by atoms with Crippen LogP contribution in [-0.4, -0.2) is 15.7 Å². The molecule has 0 unspecified atom stereocenters. The zero-order valence-electron chi connectivity index (χ0n) is 10.2. The summed E-state index contributed by atoms with van der Waals surface area (Å²) in [6, 6.07) is 1.84. The molecule has 3 N–H and O–H groups in total. The molecule has 2 rings (SSSR count). The number of nitrogens with two attached hydrogens (primary N) is 1. The van der Waals surface area contributed by atoms with E-state index in [1.807, 2.05) is 13.0 Å². The number of nitrogens with zero attached hydrogens (tertiary/aromatic N) is 2. The van der Waals surface area contributed by atoms with Crippen molar-refractivity contribution in [3.63, 3.8) is 0 Å². The quantitative estimate of drug-likeness (QED) is 0.890. The number of nitrogens with one attached hydrogen (secondary N) is 1. The van der Waals surface area contributed by atoms with Crippen LogP contribution in [0.25, 0.3) is 0 Å². The van der Waals surface area contributed by atoms with Crippen molar-refractivity contribution in [1.82, 2.24) is 9.78 Å². The number of halogens is 1. The van der Waals surface area contributed by atoms with Gasteiger partial charge in [0.25, 0.3) is 5.91 Å². The first kappa shape index (κ1) is 13.1. The molecule has 0 aliphatic carbocycles. The Hall–Kier alpha value is -1.34. The zero-order valence-corrected chi connectivity index (χ0v) is 12.6. The minimum atomic E-state index is -0.177. The Morgan fingerprint density at radius 3 is 2.67 bits per heavy atom. The van der Waals surface area contributed by atoms with E-state index in [1.54, 1.807) is 18.7 Å². The highest BCUT2D eigenvalue weighted by atomic mass is 79.9. The van der Waals surface area contributed by atoms with Crippen molar-refractivity contribution in [1.29, 1.82) is 0 Å². The predicted molar refractivity (Wildman–Crippen MR) is 77.1 cm³/mol. The third-order valence-electron chi connectivity index (χ3n) is 2.58. The van der Waals surface area contributed by atoms with Gasteiger partial charge in [0.15, 0.2) is 5.82 Å². The molecule has 0 aliphatic rings. The van der Waals surface area contributed by atoms with E-state index in [0.29, 0.717) is 22.1 Å². The van der Waals surface area contributed by atoms with Gasteiger partial charge in [-0.25, -0.2) is 0 Å². The molecular formula is C11H13BrN4OS. The van der Waals surface area contributed by atoms with E-state index < -0.39 is 0 Å². The topological polar surface area (TPSA) is 72.9 Å². The number of anilines is 2. The average molecular weight is 329 g/mol. The largest absolute Gasteiger partial charge is 0.394 e. The second-order valence-corrected chi connectivity index (χ2v) is 6.36. The maximum Gasteiger partial charge on any atom is 0.266 e. The van der Waals surface area contributed by atoms with Crippen LogP contribution in [0.3, 0.4) is 0 Å². The van der Waals surface area contributed by atoms with Crippen molar-refractivity contribution < 1.29 is 4.79 Å². The van der Waals surface area contributed by atoms with Crippen LogP contribution in [0.1, 0.15) is 20.9 Å². The van der Waals surface area contributed by atoms with Gasteiger partial charge in [0.05, 0.1) is 20.0 Å². The van der Waals surface area contributed by atoms with E-state index >= 15 is 0 Å². The van der Waals surface area contributed by atoms with Crippen molar-refractivity contribution in [3.05, 3.63) is 26.0 Å². The molecule has 0 saturated carbocycles. The fourth-order valence-corrected chi connectivity index (χ4v) is 2.99. The van der Waals surface area contributed by atoms with Gasteiger partial charge in [-0.15, -0.1) is 11.3 Å². The Bertz CT molecular complexity index is 597. The molecule has 0 atom stereocenters. The lowest BCUT2D eigenvalue weighted by Crippen LogP contribution is -2.14. The van der Waals surface area contributed by atoms with E-state index in [0.717, 1.165) is 9.35 Å². The summed E-state index contributed by atoms with van der Waals surface area (Å²) in [5.74, 6) is 0.350. The number of aromatic nitrogens is 2. The number of thiophene rings is 1. The molecule has 0 bridgehead atoms. The number of hydrogen-bond acceptors (Lipinski definition) is 4. The normalized spacial score (nSPS) is 10.7. The van der Waals surface area contributed by atoms with E-state index in [-0.39, 0.29) is 5.91 Å². The number of hydrogen-bond donors (Lipinski definition) is 2. The molecule has 5 nitrogen and oxygen atoms in total. The Morgan fingerprint density at radius 1 is 1.56 bits per heavy atom. The summed E-state index contributed by atoms with van der Waals surface area (Å²) in [5.41, 5.74) is 8.11. The fraction of sp³-hybridized carbons (Fsp3) is 0.273. The van der Waals surface area contributed by atoms with Crippen molar-refractivity contribution in [3.8, 4) is 0 Å². The second kappa shape index (κ2) is 4.74. The minimum Gasteiger partial charge on any atom is -0.394 e. The van der Waals surface area contributed by atoms with Crippen molar-refractivity contribution in [2.75, 3.05) is 11.1 Å². The molecule has 2 aromatic heterocycles. The number of amides is 1. The number of nitrogen functional groups attached to an aromatic ring is 1. The highest BCUT2D eigenvalue weighted by Crippen LogP contribution is 2.28. The summed E-state index contributed by atoms with van der Waals surface area (Å²) in [7, 11) is 1.74. The van der Waals surface area contributed by atoms with Gasteiger partial charge < -0.3 is 11.1 Å². The predicted octanol–water partition coefficient (Wildman–Crippen LogP) is 2.70. The molecular weight excluding hydrogens is 316 g/mol. The maximum absolute atomic E-state index is 12.1. The Morgan fingerprint density at radius 2 is 2.22 bits per heavy atom.